The molecular weight excluding hydrogens is 259 g/mol. The molecule has 0 aliphatic heterocycles. The van der Waals surface area contributed by atoms with E-state index in [4.69, 9.17) is 11.6 Å². The topological polar surface area (TPSA) is 20.2 Å². The summed E-state index contributed by atoms with van der Waals surface area (Å²) in [5, 5.41) is 12.8. The Morgan fingerprint density at radius 3 is 2.53 bits per heavy atom. The van der Waals surface area contributed by atoms with Crippen molar-refractivity contribution in [3.63, 3.8) is 0 Å². The molecule has 0 radical (unpaired) electrons. The fraction of sp³-hybridized carbons (Fsp3) is 0.231. The van der Waals surface area contributed by atoms with Crippen LogP contribution in [0.3, 0.4) is 0 Å². The number of rotatable bonds is 2. The highest BCUT2D eigenvalue weighted by Gasteiger charge is 2.19. The molecule has 0 saturated heterocycles. The van der Waals surface area contributed by atoms with Crippen molar-refractivity contribution in [2.45, 2.75) is 20.0 Å². The van der Waals surface area contributed by atoms with Crippen molar-refractivity contribution in [2.24, 2.45) is 0 Å². The Hall–Kier alpha value is -0.900. The molecule has 1 atom stereocenters. The fourth-order valence-corrected chi connectivity index (χ4v) is 3.02. The molecule has 1 heterocycles. The molecule has 1 unspecified atom stereocenters. The maximum Gasteiger partial charge on any atom is 0.123 e. The lowest BCUT2D eigenvalue weighted by Crippen LogP contribution is -2.01. The molecule has 1 N–H and O–H groups in total. The first-order valence-electron chi connectivity index (χ1n) is 5.18. The second-order valence-electron chi connectivity index (χ2n) is 4.00. The lowest BCUT2D eigenvalue weighted by atomic mass is 10.0. The normalized spacial score (nSPS) is 12.8. The molecule has 17 heavy (non-hydrogen) atoms. The smallest absolute Gasteiger partial charge is 0.123 e. The van der Waals surface area contributed by atoms with Gasteiger partial charge in [-0.25, -0.2) is 4.39 Å². The second-order valence-corrected chi connectivity index (χ2v) is 5.29. The van der Waals surface area contributed by atoms with E-state index in [9.17, 15) is 9.50 Å². The molecule has 2 aromatic rings. The highest BCUT2D eigenvalue weighted by atomic mass is 35.5. The molecule has 0 fully saturated rings. The lowest BCUT2D eigenvalue weighted by molar-refractivity contribution is 0.223. The van der Waals surface area contributed by atoms with Crippen molar-refractivity contribution >= 4 is 22.9 Å². The van der Waals surface area contributed by atoms with Crippen LogP contribution in [0, 0.1) is 19.7 Å². The van der Waals surface area contributed by atoms with E-state index in [0.717, 1.165) is 11.1 Å². The summed E-state index contributed by atoms with van der Waals surface area (Å²) < 4.78 is 13.0. The molecule has 4 heteroatoms. The molecule has 0 saturated carbocycles. The van der Waals surface area contributed by atoms with E-state index in [2.05, 4.69) is 0 Å². The number of aliphatic hydroxyl groups is 1. The molecule has 0 amide bonds. The van der Waals surface area contributed by atoms with Crippen LogP contribution >= 0.6 is 22.9 Å². The van der Waals surface area contributed by atoms with Gasteiger partial charge in [0, 0.05) is 0 Å². The van der Waals surface area contributed by atoms with Crippen LogP contribution in [0.25, 0.3) is 0 Å². The summed E-state index contributed by atoms with van der Waals surface area (Å²) >= 11 is 7.53. The zero-order valence-corrected chi connectivity index (χ0v) is 11.1. The van der Waals surface area contributed by atoms with E-state index in [1.54, 1.807) is 13.0 Å². The van der Waals surface area contributed by atoms with Gasteiger partial charge in [0.1, 0.15) is 11.9 Å². The van der Waals surface area contributed by atoms with E-state index in [0.29, 0.717) is 15.5 Å². The predicted molar refractivity (Wildman–Crippen MR) is 69.3 cm³/mol. The van der Waals surface area contributed by atoms with Crippen LogP contribution < -0.4 is 0 Å². The lowest BCUT2D eigenvalue weighted by Gasteiger charge is -2.13. The summed E-state index contributed by atoms with van der Waals surface area (Å²) in [6.45, 7) is 3.67. The first-order valence-corrected chi connectivity index (χ1v) is 6.44. The Balaban J connectivity index is 2.43. The average Bonchev–Trinajstić information content (AvgIpc) is 2.59. The molecule has 0 aliphatic carbocycles. The summed E-state index contributed by atoms with van der Waals surface area (Å²) in [6.07, 6.45) is -0.790. The van der Waals surface area contributed by atoms with Crippen molar-refractivity contribution in [1.82, 2.24) is 0 Å². The minimum absolute atomic E-state index is 0.299. The summed E-state index contributed by atoms with van der Waals surface area (Å²) in [5.41, 5.74) is 2.36. The Bertz CT molecular complexity index is 550. The third kappa shape index (κ3) is 2.37. The van der Waals surface area contributed by atoms with Crippen molar-refractivity contribution in [3.8, 4) is 0 Å². The van der Waals surface area contributed by atoms with Crippen LogP contribution in [0.5, 0.6) is 0 Å². The molecule has 1 aromatic heterocycles. The molecule has 0 spiro atoms. The predicted octanol–water partition coefficient (Wildman–Crippen LogP) is 4.24. The summed E-state index contributed by atoms with van der Waals surface area (Å²) in [5.74, 6) is -0.299. The zero-order valence-electron chi connectivity index (χ0n) is 9.50. The Labute approximate surface area is 108 Å². The van der Waals surface area contributed by atoms with Gasteiger partial charge in [-0.15, -0.1) is 11.3 Å². The summed E-state index contributed by atoms with van der Waals surface area (Å²) in [7, 11) is 0. The average molecular weight is 271 g/mol. The number of aryl methyl sites for hydroxylation is 2. The number of aliphatic hydroxyl groups excluding tert-OH is 1. The number of thiophene rings is 1. The standard InChI is InChI=1S/C13H12ClFOS/c1-7-5-9(15)3-4-10(7)12(16)13-11(14)8(2)6-17-13/h3-6,12,16H,1-2H3. The maximum atomic E-state index is 13.0. The van der Waals surface area contributed by atoms with Crippen molar-refractivity contribution < 1.29 is 9.50 Å². The molecule has 90 valence electrons. The summed E-state index contributed by atoms with van der Waals surface area (Å²) in [4.78, 5) is 0.707. The molecule has 1 aromatic carbocycles. The van der Waals surface area contributed by atoms with Gasteiger partial charge in [0.05, 0.1) is 9.90 Å². The second kappa shape index (κ2) is 4.77. The number of halogens is 2. The Morgan fingerprint density at radius 2 is 2.00 bits per heavy atom. The third-order valence-electron chi connectivity index (χ3n) is 2.70. The number of hydrogen-bond acceptors (Lipinski definition) is 2. The van der Waals surface area contributed by atoms with Gasteiger partial charge in [-0.2, -0.15) is 0 Å². The third-order valence-corrected chi connectivity index (χ3v) is 4.47. The SMILES string of the molecule is Cc1cc(F)ccc1C(O)c1scc(C)c1Cl. The van der Waals surface area contributed by atoms with Crippen LogP contribution in [-0.2, 0) is 0 Å². The van der Waals surface area contributed by atoms with E-state index in [1.807, 2.05) is 12.3 Å². The van der Waals surface area contributed by atoms with Gasteiger partial charge in [-0.05, 0) is 48.1 Å². The quantitative estimate of drug-likeness (QED) is 0.865. The molecular formula is C13H12ClFOS. The van der Waals surface area contributed by atoms with Gasteiger partial charge in [-0.3, -0.25) is 0 Å². The molecule has 0 aliphatic rings. The van der Waals surface area contributed by atoms with Gasteiger partial charge in [0.25, 0.3) is 0 Å². The van der Waals surface area contributed by atoms with E-state index in [-0.39, 0.29) is 5.82 Å². The van der Waals surface area contributed by atoms with Gasteiger partial charge < -0.3 is 5.11 Å². The highest BCUT2D eigenvalue weighted by molar-refractivity contribution is 7.10. The van der Waals surface area contributed by atoms with Crippen molar-refractivity contribution in [1.29, 1.82) is 0 Å². The summed E-state index contributed by atoms with van der Waals surface area (Å²) in [6, 6.07) is 4.35. The molecule has 0 bridgehead atoms. The largest absolute Gasteiger partial charge is 0.383 e. The Morgan fingerprint density at radius 1 is 1.29 bits per heavy atom. The van der Waals surface area contributed by atoms with Crippen LogP contribution in [0.4, 0.5) is 4.39 Å². The van der Waals surface area contributed by atoms with Crippen molar-refractivity contribution in [2.75, 3.05) is 0 Å². The van der Waals surface area contributed by atoms with Gasteiger partial charge in [0.2, 0.25) is 0 Å². The van der Waals surface area contributed by atoms with E-state index in [1.165, 1.54) is 23.5 Å². The molecule has 2 rings (SSSR count). The first kappa shape index (κ1) is 12.6. The van der Waals surface area contributed by atoms with Gasteiger partial charge in [-0.1, -0.05) is 17.7 Å². The van der Waals surface area contributed by atoms with E-state index < -0.39 is 6.10 Å². The van der Waals surface area contributed by atoms with Crippen LogP contribution in [-0.4, -0.2) is 5.11 Å². The van der Waals surface area contributed by atoms with Crippen LogP contribution in [0.2, 0.25) is 5.02 Å². The van der Waals surface area contributed by atoms with Gasteiger partial charge in [0.15, 0.2) is 0 Å². The first-order chi connectivity index (χ1) is 8.00. The minimum atomic E-state index is -0.790. The Kier molecular flexibility index (Phi) is 3.52. The van der Waals surface area contributed by atoms with Crippen LogP contribution in [0.1, 0.15) is 27.7 Å². The fourth-order valence-electron chi connectivity index (χ4n) is 1.72. The number of hydrogen-bond donors (Lipinski definition) is 1. The minimum Gasteiger partial charge on any atom is -0.383 e. The van der Waals surface area contributed by atoms with E-state index >= 15 is 0 Å². The van der Waals surface area contributed by atoms with Crippen LogP contribution in [0.15, 0.2) is 23.6 Å². The monoisotopic (exact) mass is 270 g/mol. The highest BCUT2D eigenvalue weighted by Crippen LogP contribution is 2.36. The number of benzene rings is 1. The van der Waals surface area contributed by atoms with Crippen molar-refractivity contribution in [3.05, 3.63) is 56.0 Å². The molecule has 1 nitrogen and oxygen atoms in total. The zero-order chi connectivity index (χ0) is 12.6. The van der Waals surface area contributed by atoms with Gasteiger partial charge >= 0.3 is 0 Å². The maximum absolute atomic E-state index is 13.0.